The lowest BCUT2D eigenvalue weighted by atomic mass is 10.1. The molecule has 0 aliphatic carbocycles. The van der Waals surface area contributed by atoms with Crippen LogP contribution in [0, 0.1) is 0 Å². The third-order valence-electron chi connectivity index (χ3n) is 5.33. The molecule has 29 heavy (non-hydrogen) atoms. The van der Waals surface area contributed by atoms with Crippen LogP contribution < -0.4 is 10.2 Å². The van der Waals surface area contributed by atoms with Crippen molar-refractivity contribution in [1.29, 1.82) is 0 Å². The van der Waals surface area contributed by atoms with Gasteiger partial charge in [-0.15, -0.1) is 11.8 Å². The van der Waals surface area contributed by atoms with Crippen molar-refractivity contribution in [3.8, 4) is 0 Å². The standard InChI is InChI=1S/C24H27N3OS/c28-24(19-29-23-11-10-20-6-4-5-7-21(20)18-23)25-12-13-26-14-16-27(17-15-26)22-8-2-1-3-9-22/h1-11,18H,12-17,19H2,(H,25,28). The molecule has 1 heterocycles. The van der Waals surface area contributed by atoms with Gasteiger partial charge in [0.15, 0.2) is 0 Å². The number of carbonyl (C=O) groups is 1. The fourth-order valence-corrected chi connectivity index (χ4v) is 4.45. The van der Waals surface area contributed by atoms with E-state index in [9.17, 15) is 4.79 Å². The van der Waals surface area contributed by atoms with Gasteiger partial charge < -0.3 is 10.2 Å². The Bertz CT molecular complexity index is 939. The Labute approximate surface area is 176 Å². The molecular formula is C24H27N3OS. The number of nitrogens with zero attached hydrogens (tertiary/aromatic N) is 2. The van der Waals surface area contributed by atoms with Gasteiger partial charge in [-0.3, -0.25) is 9.69 Å². The van der Waals surface area contributed by atoms with E-state index < -0.39 is 0 Å². The number of nitrogens with one attached hydrogen (secondary N) is 1. The number of thioether (sulfide) groups is 1. The molecule has 0 unspecified atom stereocenters. The molecule has 3 aromatic rings. The number of carbonyl (C=O) groups excluding carboxylic acids is 1. The number of hydrogen-bond donors (Lipinski definition) is 1. The third kappa shape index (κ3) is 5.52. The fraction of sp³-hybridized carbons (Fsp3) is 0.292. The van der Waals surface area contributed by atoms with Gasteiger partial charge in [0.1, 0.15) is 0 Å². The molecule has 0 radical (unpaired) electrons. The second-order valence-electron chi connectivity index (χ2n) is 7.31. The highest BCUT2D eigenvalue weighted by Crippen LogP contribution is 2.23. The summed E-state index contributed by atoms with van der Waals surface area (Å²) in [5, 5.41) is 5.51. The van der Waals surface area contributed by atoms with Crippen LogP contribution in [0.2, 0.25) is 0 Å². The zero-order chi connectivity index (χ0) is 19.9. The van der Waals surface area contributed by atoms with Crippen LogP contribution in [0.25, 0.3) is 10.8 Å². The smallest absolute Gasteiger partial charge is 0.230 e. The van der Waals surface area contributed by atoms with Gasteiger partial charge in [-0.2, -0.15) is 0 Å². The van der Waals surface area contributed by atoms with E-state index in [1.165, 1.54) is 16.5 Å². The van der Waals surface area contributed by atoms with Crippen molar-refractivity contribution in [3.63, 3.8) is 0 Å². The number of anilines is 1. The van der Waals surface area contributed by atoms with Gasteiger partial charge in [-0.25, -0.2) is 0 Å². The van der Waals surface area contributed by atoms with Gasteiger partial charge in [0.2, 0.25) is 5.91 Å². The lowest BCUT2D eigenvalue weighted by molar-refractivity contribution is -0.118. The minimum absolute atomic E-state index is 0.103. The molecule has 150 valence electrons. The highest BCUT2D eigenvalue weighted by Gasteiger charge is 2.16. The largest absolute Gasteiger partial charge is 0.369 e. The third-order valence-corrected chi connectivity index (χ3v) is 6.33. The minimum atomic E-state index is 0.103. The molecular weight excluding hydrogens is 378 g/mol. The van der Waals surface area contributed by atoms with Gasteiger partial charge in [0.05, 0.1) is 5.75 Å². The Morgan fingerprint density at radius 3 is 2.38 bits per heavy atom. The van der Waals surface area contributed by atoms with E-state index in [-0.39, 0.29) is 5.91 Å². The summed E-state index contributed by atoms with van der Waals surface area (Å²) in [4.78, 5) is 18.2. The van der Waals surface area contributed by atoms with E-state index in [1.807, 2.05) is 12.1 Å². The van der Waals surface area contributed by atoms with E-state index in [1.54, 1.807) is 11.8 Å². The number of piperazine rings is 1. The van der Waals surface area contributed by atoms with Crippen LogP contribution in [0.4, 0.5) is 5.69 Å². The van der Waals surface area contributed by atoms with Crippen molar-refractivity contribution in [2.75, 3.05) is 49.9 Å². The van der Waals surface area contributed by atoms with Crippen molar-refractivity contribution in [2.45, 2.75) is 4.90 Å². The maximum atomic E-state index is 12.2. The van der Waals surface area contributed by atoms with Gasteiger partial charge in [-0.1, -0.05) is 48.5 Å². The Hall–Kier alpha value is -2.50. The molecule has 1 aliphatic heterocycles. The first kappa shape index (κ1) is 19.8. The second-order valence-corrected chi connectivity index (χ2v) is 8.36. The number of rotatable bonds is 7. The molecule has 0 bridgehead atoms. The molecule has 5 heteroatoms. The lowest BCUT2D eigenvalue weighted by Gasteiger charge is -2.36. The van der Waals surface area contributed by atoms with E-state index >= 15 is 0 Å². The summed E-state index contributed by atoms with van der Waals surface area (Å²) >= 11 is 1.59. The average molecular weight is 406 g/mol. The van der Waals surface area contributed by atoms with Gasteiger partial charge in [-0.05, 0) is 35.0 Å². The molecule has 0 aromatic heterocycles. The summed E-state index contributed by atoms with van der Waals surface area (Å²) in [7, 11) is 0. The van der Waals surface area contributed by atoms with Crippen LogP contribution in [0.5, 0.6) is 0 Å². The molecule has 0 atom stereocenters. The molecule has 1 fully saturated rings. The predicted molar refractivity (Wildman–Crippen MR) is 123 cm³/mol. The molecule has 0 saturated carbocycles. The Balaban J connectivity index is 1.15. The maximum absolute atomic E-state index is 12.2. The summed E-state index contributed by atoms with van der Waals surface area (Å²) in [6.45, 7) is 5.77. The quantitative estimate of drug-likeness (QED) is 0.606. The van der Waals surface area contributed by atoms with Crippen LogP contribution in [0.3, 0.4) is 0 Å². The van der Waals surface area contributed by atoms with Crippen LogP contribution in [0.15, 0.2) is 77.7 Å². The first-order chi connectivity index (χ1) is 14.3. The SMILES string of the molecule is O=C(CSc1ccc2ccccc2c1)NCCN1CCN(c2ccccc2)CC1. The van der Waals surface area contributed by atoms with Crippen LogP contribution in [-0.2, 0) is 4.79 Å². The highest BCUT2D eigenvalue weighted by atomic mass is 32.2. The fourth-order valence-electron chi connectivity index (χ4n) is 3.68. The molecule has 3 aromatic carbocycles. The minimum Gasteiger partial charge on any atom is -0.369 e. The van der Waals surface area contributed by atoms with E-state index in [0.717, 1.165) is 37.6 Å². The normalized spacial score (nSPS) is 14.8. The van der Waals surface area contributed by atoms with E-state index in [4.69, 9.17) is 0 Å². The number of fused-ring (bicyclic) bond motifs is 1. The van der Waals surface area contributed by atoms with Crippen molar-refractivity contribution >= 4 is 34.1 Å². The monoisotopic (exact) mass is 405 g/mol. The van der Waals surface area contributed by atoms with Gasteiger partial charge >= 0.3 is 0 Å². The molecule has 4 nitrogen and oxygen atoms in total. The Kier molecular flexibility index (Phi) is 6.70. The number of hydrogen-bond acceptors (Lipinski definition) is 4. The van der Waals surface area contributed by atoms with Crippen molar-refractivity contribution in [1.82, 2.24) is 10.2 Å². The Morgan fingerprint density at radius 1 is 0.862 bits per heavy atom. The summed E-state index contributed by atoms with van der Waals surface area (Å²) in [5.41, 5.74) is 1.30. The van der Waals surface area contributed by atoms with Gasteiger partial charge in [0, 0.05) is 49.9 Å². The lowest BCUT2D eigenvalue weighted by Crippen LogP contribution is -2.48. The highest BCUT2D eigenvalue weighted by molar-refractivity contribution is 8.00. The number of amides is 1. The van der Waals surface area contributed by atoms with Crippen LogP contribution in [0.1, 0.15) is 0 Å². The molecule has 1 aliphatic rings. The number of para-hydroxylation sites is 1. The molecule has 4 rings (SSSR count). The zero-order valence-electron chi connectivity index (χ0n) is 16.6. The summed E-state index contributed by atoms with van der Waals surface area (Å²) in [6, 6.07) is 25.2. The topological polar surface area (TPSA) is 35.6 Å². The summed E-state index contributed by atoms with van der Waals surface area (Å²) in [6.07, 6.45) is 0. The average Bonchev–Trinajstić information content (AvgIpc) is 2.78. The van der Waals surface area contributed by atoms with Crippen molar-refractivity contribution < 1.29 is 4.79 Å². The number of benzene rings is 3. The first-order valence-electron chi connectivity index (χ1n) is 10.2. The summed E-state index contributed by atoms with van der Waals surface area (Å²) < 4.78 is 0. The van der Waals surface area contributed by atoms with Gasteiger partial charge in [0.25, 0.3) is 0 Å². The maximum Gasteiger partial charge on any atom is 0.230 e. The van der Waals surface area contributed by atoms with Crippen LogP contribution >= 0.6 is 11.8 Å². The van der Waals surface area contributed by atoms with E-state index in [2.05, 4.69) is 75.8 Å². The molecule has 1 N–H and O–H groups in total. The molecule has 0 spiro atoms. The molecule has 1 amide bonds. The first-order valence-corrected chi connectivity index (χ1v) is 11.2. The molecule has 1 saturated heterocycles. The Morgan fingerprint density at radius 2 is 1.59 bits per heavy atom. The van der Waals surface area contributed by atoms with Crippen molar-refractivity contribution in [3.05, 3.63) is 72.8 Å². The zero-order valence-corrected chi connectivity index (χ0v) is 17.4. The van der Waals surface area contributed by atoms with E-state index in [0.29, 0.717) is 12.3 Å². The summed E-state index contributed by atoms with van der Waals surface area (Å²) in [5.74, 6) is 0.561. The predicted octanol–water partition coefficient (Wildman–Crippen LogP) is 3.87. The second kappa shape index (κ2) is 9.81. The van der Waals surface area contributed by atoms with Crippen molar-refractivity contribution in [2.24, 2.45) is 0 Å². The van der Waals surface area contributed by atoms with Crippen LogP contribution in [-0.4, -0.2) is 55.8 Å².